The van der Waals surface area contributed by atoms with E-state index in [1.54, 1.807) is 18.2 Å². The quantitative estimate of drug-likeness (QED) is 0.421. The van der Waals surface area contributed by atoms with Gasteiger partial charge in [0.1, 0.15) is 5.58 Å². The number of hydrogen-bond donors (Lipinski definition) is 0. The highest BCUT2D eigenvalue weighted by atomic mass is 16.5. The van der Waals surface area contributed by atoms with Crippen molar-refractivity contribution in [3.05, 3.63) is 47.0 Å². The molecule has 0 fully saturated rings. The van der Waals surface area contributed by atoms with Gasteiger partial charge in [-0.05, 0) is 12.1 Å². The summed E-state index contributed by atoms with van der Waals surface area (Å²) in [5.41, 5.74) is -0.148. The molecule has 0 N–H and O–H groups in total. The summed E-state index contributed by atoms with van der Waals surface area (Å²) >= 11 is 0. The van der Waals surface area contributed by atoms with E-state index in [4.69, 9.17) is 9.15 Å². The molecule has 1 heterocycles. The first-order valence-corrected chi connectivity index (χ1v) is 4.20. The summed E-state index contributed by atoms with van der Waals surface area (Å²) in [6.45, 7) is 0. The summed E-state index contributed by atoms with van der Waals surface area (Å²) in [6, 6.07) is 8.53. The molecule has 0 saturated heterocycles. The van der Waals surface area contributed by atoms with Crippen molar-refractivity contribution in [1.29, 1.82) is 0 Å². The van der Waals surface area contributed by atoms with E-state index in [2.05, 4.69) is 0 Å². The van der Waals surface area contributed by atoms with Gasteiger partial charge in [0.05, 0.1) is 0 Å². The molecule has 2 rings (SSSR count). The van der Waals surface area contributed by atoms with Crippen LogP contribution in [-0.4, -0.2) is 5.94 Å². The van der Waals surface area contributed by atoms with Crippen LogP contribution in [0.1, 0.15) is 0 Å². The van der Waals surface area contributed by atoms with Gasteiger partial charge < -0.3 is 9.15 Å². The second-order valence-corrected chi connectivity index (χ2v) is 2.79. The van der Waals surface area contributed by atoms with Gasteiger partial charge in [0.15, 0.2) is 12.2 Å². The molecule has 0 unspecified atom stereocenters. The molecule has 4 heteroatoms. The molecule has 1 aromatic carbocycles. The first kappa shape index (κ1) is 9.24. The van der Waals surface area contributed by atoms with Crippen LogP contribution in [0.2, 0.25) is 0 Å². The molecule has 15 heavy (non-hydrogen) atoms. The third-order valence-corrected chi connectivity index (χ3v) is 1.84. The van der Waals surface area contributed by atoms with Gasteiger partial charge in [-0.1, -0.05) is 18.2 Å². The van der Waals surface area contributed by atoms with Gasteiger partial charge in [0, 0.05) is 5.39 Å². The molecule has 74 valence electrons. The maximum Gasteiger partial charge on any atom is 0.379 e. The second kappa shape index (κ2) is 3.82. The largest absolute Gasteiger partial charge is 0.446 e. The Kier molecular flexibility index (Phi) is 2.35. The lowest BCUT2D eigenvalue weighted by Gasteiger charge is -1.98. The molecular formula is C11H6O4. The third kappa shape index (κ3) is 1.80. The fourth-order valence-electron chi connectivity index (χ4n) is 1.21. The van der Waals surface area contributed by atoms with Crippen molar-refractivity contribution in [2.45, 2.75) is 0 Å². The van der Waals surface area contributed by atoms with Crippen molar-refractivity contribution in [2.75, 3.05) is 0 Å². The zero-order valence-electron chi connectivity index (χ0n) is 7.60. The highest BCUT2D eigenvalue weighted by Gasteiger charge is 2.04. The maximum absolute atomic E-state index is 11.3. The van der Waals surface area contributed by atoms with Crippen molar-refractivity contribution < 1.29 is 13.9 Å². The lowest BCUT2D eigenvalue weighted by atomic mass is 10.2. The van der Waals surface area contributed by atoms with E-state index in [-0.39, 0.29) is 5.75 Å². The van der Waals surface area contributed by atoms with Gasteiger partial charge in [0.2, 0.25) is 5.75 Å². The van der Waals surface area contributed by atoms with Crippen LogP contribution in [0.5, 0.6) is 5.75 Å². The molecule has 0 aliphatic carbocycles. The lowest BCUT2D eigenvalue weighted by Crippen LogP contribution is -2.02. The minimum Gasteiger partial charge on any atom is -0.446 e. The Morgan fingerprint density at radius 3 is 2.93 bits per heavy atom. The van der Waals surface area contributed by atoms with E-state index in [9.17, 15) is 9.59 Å². The number of rotatable bonds is 2. The number of para-hydroxylation sites is 1. The van der Waals surface area contributed by atoms with Crippen molar-refractivity contribution in [1.82, 2.24) is 0 Å². The molecule has 0 amide bonds. The summed E-state index contributed by atoms with van der Waals surface area (Å²) in [4.78, 5) is 21.2. The lowest BCUT2D eigenvalue weighted by molar-refractivity contribution is 0.435. The standard InChI is InChI=1S/C11H6O4/c12-5-6-14-10-7-8-3-1-2-4-9(8)15-11(10)13/h1-4,6-7H. The minimum atomic E-state index is -0.625. The Bertz CT molecular complexity index is 591. The predicted octanol–water partition coefficient (Wildman–Crippen LogP) is 1.52. The van der Waals surface area contributed by atoms with Gasteiger partial charge >= 0.3 is 5.63 Å². The number of ether oxygens (including phenoxy) is 1. The summed E-state index contributed by atoms with van der Waals surface area (Å²) in [5, 5.41) is 0.728. The first-order chi connectivity index (χ1) is 7.31. The molecule has 0 bridgehead atoms. The van der Waals surface area contributed by atoms with Crippen molar-refractivity contribution in [2.24, 2.45) is 0 Å². The summed E-state index contributed by atoms with van der Waals surface area (Å²) in [5.74, 6) is 1.38. The summed E-state index contributed by atoms with van der Waals surface area (Å²) < 4.78 is 9.70. The van der Waals surface area contributed by atoms with Crippen molar-refractivity contribution >= 4 is 16.9 Å². The fourth-order valence-corrected chi connectivity index (χ4v) is 1.21. The molecule has 2 aromatic rings. The van der Waals surface area contributed by atoms with Crippen LogP contribution in [0.25, 0.3) is 11.0 Å². The molecule has 4 nitrogen and oxygen atoms in total. The molecule has 0 saturated carbocycles. The Balaban J connectivity index is 2.61. The van der Waals surface area contributed by atoms with Crippen molar-refractivity contribution in [3.8, 4) is 5.75 Å². The van der Waals surface area contributed by atoms with E-state index < -0.39 is 5.63 Å². The Labute approximate surface area is 84.4 Å². The third-order valence-electron chi connectivity index (χ3n) is 1.84. The first-order valence-electron chi connectivity index (χ1n) is 4.20. The van der Waals surface area contributed by atoms with Crippen LogP contribution >= 0.6 is 0 Å². The van der Waals surface area contributed by atoms with E-state index in [1.165, 1.54) is 12.0 Å². The normalized spacial score (nSPS) is 9.60. The average Bonchev–Trinajstić information content (AvgIpc) is 2.26. The Morgan fingerprint density at radius 1 is 1.33 bits per heavy atom. The molecule has 0 atom stereocenters. The molecule has 0 aliphatic rings. The summed E-state index contributed by atoms with van der Waals surface area (Å²) in [7, 11) is 0. The van der Waals surface area contributed by atoms with E-state index >= 15 is 0 Å². The zero-order chi connectivity index (χ0) is 10.7. The van der Waals surface area contributed by atoms with Crippen LogP contribution in [0, 0.1) is 0 Å². The van der Waals surface area contributed by atoms with Crippen LogP contribution in [-0.2, 0) is 4.79 Å². The zero-order valence-corrected chi connectivity index (χ0v) is 7.60. The molecule has 0 aliphatic heterocycles. The van der Waals surface area contributed by atoms with E-state index in [0.717, 1.165) is 11.6 Å². The number of carbonyl (C=O) groups excluding carboxylic acids is 1. The van der Waals surface area contributed by atoms with Gasteiger partial charge in [-0.3, -0.25) is 0 Å². The van der Waals surface area contributed by atoms with Crippen LogP contribution < -0.4 is 10.4 Å². The maximum atomic E-state index is 11.3. The number of fused-ring (bicyclic) bond motifs is 1. The van der Waals surface area contributed by atoms with Crippen LogP contribution in [0.15, 0.2) is 45.8 Å². The Hall–Kier alpha value is -2.32. The van der Waals surface area contributed by atoms with Crippen LogP contribution in [0.4, 0.5) is 0 Å². The fraction of sp³-hybridized carbons (Fsp3) is 0. The monoisotopic (exact) mass is 202 g/mol. The molecule has 1 aromatic heterocycles. The number of hydrogen-bond acceptors (Lipinski definition) is 4. The SMILES string of the molecule is O=C=COc1cc2ccccc2oc1=O. The van der Waals surface area contributed by atoms with Gasteiger partial charge in [-0.25, -0.2) is 9.59 Å². The molecule has 0 spiro atoms. The van der Waals surface area contributed by atoms with Gasteiger partial charge in [-0.15, -0.1) is 0 Å². The highest BCUT2D eigenvalue weighted by molar-refractivity contribution is 5.77. The average molecular weight is 202 g/mol. The van der Waals surface area contributed by atoms with Gasteiger partial charge in [-0.2, -0.15) is 0 Å². The highest BCUT2D eigenvalue weighted by Crippen LogP contribution is 2.16. The van der Waals surface area contributed by atoms with Gasteiger partial charge in [0.25, 0.3) is 0 Å². The number of benzene rings is 1. The summed E-state index contributed by atoms with van der Waals surface area (Å²) in [6.07, 6.45) is 0.765. The minimum absolute atomic E-state index is 0.0305. The topological polar surface area (TPSA) is 56.5 Å². The predicted molar refractivity (Wildman–Crippen MR) is 53.4 cm³/mol. The Morgan fingerprint density at radius 2 is 2.13 bits per heavy atom. The van der Waals surface area contributed by atoms with Crippen LogP contribution in [0.3, 0.4) is 0 Å². The van der Waals surface area contributed by atoms with Crippen molar-refractivity contribution in [3.63, 3.8) is 0 Å². The van der Waals surface area contributed by atoms with E-state index in [0.29, 0.717) is 5.58 Å². The molecule has 0 radical (unpaired) electrons. The second-order valence-electron chi connectivity index (χ2n) is 2.79. The van der Waals surface area contributed by atoms with E-state index in [1.807, 2.05) is 6.07 Å². The molecular weight excluding hydrogens is 196 g/mol. The smallest absolute Gasteiger partial charge is 0.379 e.